The van der Waals surface area contributed by atoms with Crippen LogP contribution in [0, 0.1) is 11.8 Å². The highest BCUT2D eigenvalue weighted by Crippen LogP contribution is 2.14. The Balaban J connectivity index is 1.91. The van der Waals surface area contributed by atoms with Crippen LogP contribution in [-0.2, 0) is 0 Å². The Morgan fingerprint density at radius 1 is 1.44 bits per heavy atom. The Kier molecular flexibility index (Phi) is 2.52. The quantitative estimate of drug-likeness (QED) is 0.607. The lowest BCUT2D eigenvalue weighted by atomic mass is 9.94. The van der Waals surface area contributed by atoms with Crippen molar-refractivity contribution >= 4 is 0 Å². The third-order valence-corrected chi connectivity index (χ3v) is 2.02. The van der Waals surface area contributed by atoms with E-state index in [1.807, 2.05) is 0 Å². The summed E-state index contributed by atoms with van der Waals surface area (Å²) in [7, 11) is 0. The molecule has 1 aliphatic heterocycles. The molecule has 1 nitrogen and oxygen atoms in total. The average molecular weight is 127 g/mol. The predicted molar refractivity (Wildman–Crippen MR) is 40.4 cm³/mol. The van der Waals surface area contributed by atoms with Gasteiger partial charge < -0.3 is 5.32 Å². The van der Waals surface area contributed by atoms with Crippen LogP contribution in [-0.4, -0.2) is 13.1 Å². The molecule has 1 heteroatoms. The van der Waals surface area contributed by atoms with E-state index in [2.05, 4.69) is 19.2 Å². The van der Waals surface area contributed by atoms with Crippen LogP contribution in [0.3, 0.4) is 0 Å². The molecular formula is C8H17N. The Labute approximate surface area is 57.8 Å². The summed E-state index contributed by atoms with van der Waals surface area (Å²) in [6.07, 6.45) is 2.84. The molecule has 0 aliphatic carbocycles. The van der Waals surface area contributed by atoms with Crippen molar-refractivity contribution in [3.8, 4) is 0 Å². The van der Waals surface area contributed by atoms with E-state index in [4.69, 9.17) is 0 Å². The number of rotatable bonds is 3. The maximum Gasteiger partial charge on any atom is -0.000825 e. The first-order valence-electron chi connectivity index (χ1n) is 3.99. The minimum atomic E-state index is 0.894. The summed E-state index contributed by atoms with van der Waals surface area (Å²) in [6.45, 7) is 7.14. The van der Waals surface area contributed by atoms with Crippen LogP contribution in [0.4, 0.5) is 0 Å². The third-order valence-electron chi connectivity index (χ3n) is 2.02. The lowest BCUT2D eigenvalue weighted by Gasteiger charge is -2.27. The molecule has 0 radical (unpaired) electrons. The summed E-state index contributed by atoms with van der Waals surface area (Å²) in [4.78, 5) is 0. The molecule has 0 saturated carbocycles. The van der Waals surface area contributed by atoms with Gasteiger partial charge >= 0.3 is 0 Å². The van der Waals surface area contributed by atoms with Gasteiger partial charge in [-0.15, -0.1) is 0 Å². The van der Waals surface area contributed by atoms with Gasteiger partial charge in [0.2, 0.25) is 0 Å². The van der Waals surface area contributed by atoms with Crippen LogP contribution in [0.5, 0.6) is 0 Å². The molecule has 1 aliphatic rings. The number of hydrogen-bond acceptors (Lipinski definition) is 1. The van der Waals surface area contributed by atoms with Gasteiger partial charge in [0.05, 0.1) is 0 Å². The van der Waals surface area contributed by atoms with Crippen LogP contribution < -0.4 is 5.32 Å². The molecule has 1 fully saturated rings. The molecule has 1 N–H and O–H groups in total. The van der Waals surface area contributed by atoms with E-state index in [0.717, 1.165) is 11.8 Å². The van der Waals surface area contributed by atoms with Crippen molar-refractivity contribution in [1.29, 1.82) is 0 Å². The lowest BCUT2D eigenvalue weighted by molar-refractivity contribution is 0.305. The minimum absolute atomic E-state index is 0.894. The largest absolute Gasteiger partial charge is 0.316 e. The molecular weight excluding hydrogens is 110 g/mol. The van der Waals surface area contributed by atoms with Crippen LogP contribution in [0.2, 0.25) is 0 Å². The van der Waals surface area contributed by atoms with Gasteiger partial charge in [0.25, 0.3) is 0 Å². The average Bonchev–Trinajstić information content (AvgIpc) is 1.60. The topological polar surface area (TPSA) is 12.0 Å². The van der Waals surface area contributed by atoms with Gasteiger partial charge in [0, 0.05) is 0 Å². The van der Waals surface area contributed by atoms with Crippen molar-refractivity contribution in [3.05, 3.63) is 0 Å². The molecule has 0 amide bonds. The van der Waals surface area contributed by atoms with Crippen LogP contribution in [0.15, 0.2) is 0 Å². The molecule has 1 saturated heterocycles. The zero-order valence-electron chi connectivity index (χ0n) is 6.48. The van der Waals surface area contributed by atoms with E-state index in [9.17, 15) is 0 Å². The van der Waals surface area contributed by atoms with E-state index in [0.29, 0.717) is 0 Å². The first-order chi connectivity index (χ1) is 4.29. The molecule has 54 valence electrons. The highest BCUT2D eigenvalue weighted by molar-refractivity contribution is 4.74. The molecule has 0 atom stereocenters. The molecule has 0 aromatic heterocycles. The maximum absolute atomic E-state index is 3.28. The zero-order chi connectivity index (χ0) is 6.69. The summed E-state index contributed by atoms with van der Waals surface area (Å²) in [6, 6.07) is 0. The van der Waals surface area contributed by atoms with Gasteiger partial charge in [0.1, 0.15) is 0 Å². The van der Waals surface area contributed by atoms with Gasteiger partial charge in [0.15, 0.2) is 0 Å². The summed E-state index contributed by atoms with van der Waals surface area (Å²) < 4.78 is 0. The fourth-order valence-electron chi connectivity index (χ4n) is 1.12. The van der Waals surface area contributed by atoms with E-state index >= 15 is 0 Å². The maximum atomic E-state index is 3.28. The summed E-state index contributed by atoms with van der Waals surface area (Å²) in [5.41, 5.74) is 0. The Hall–Kier alpha value is -0.0400. The molecule has 0 aromatic rings. The molecule has 0 unspecified atom stereocenters. The Morgan fingerprint density at radius 2 is 2.11 bits per heavy atom. The van der Waals surface area contributed by atoms with E-state index in [1.54, 1.807) is 0 Å². The van der Waals surface area contributed by atoms with Crippen LogP contribution in [0.25, 0.3) is 0 Å². The minimum Gasteiger partial charge on any atom is -0.316 e. The SMILES string of the molecule is CC(C)CCC1CNC1. The highest BCUT2D eigenvalue weighted by atomic mass is 14.9. The molecule has 0 aromatic carbocycles. The lowest BCUT2D eigenvalue weighted by Crippen LogP contribution is -2.41. The van der Waals surface area contributed by atoms with Crippen molar-refractivity contribution in [2.24, 2.45) is 11.8 Å². The van der Waals surface area contributed by atoms with Gasteiger partial charge in [-0.1, -0.05) is 20.3 Å². The van der Waals surface area contributed by atoms with E-state index in [-0.39, 0.29) is 0 Å². The number of nitrogens with one attached hydrogen (secondary N) is 1. The van der Waals surface area contributed by atoms with E-state index in [1.165, 1.54) is 25.9 Å². The van der Waals surface area contributed by atoms with Crippen molar-refractivity contribution in [1.82, 2.24) is 5.32 Å². The van der Waals surface area contributed by atoms with Gasteiger partial charge in [-0.2, -0.15) is 0 Å². The van der Waals surface area contributed by atoms with Crippen LogP contribution in [0.1, 0.15) is 26.7 Å². The second-order valence-corrected chi connectivity index (χ2v) is 3.50. The van der Waals surface area contributed by atoms with Gasteiger partial charge in [-0.05, 0) is 31.3 Å². The fraction of sp³-hybridized carbons (Fsp3) is 1.00. The Bertz CT molecular complexity index is 74.6. The first kappa shape index (κ1) is 7.07. The molecule has 9 heavy (non-hydrogen) atoms. The second-order valence-electron chi connectivity index (χ2n) is 3.50. The molecule has 1 rings (SSSR count). The van der Waals surface area contributed by atoms with Crippen molar-refractivity contribution in [2.45, 2.75) is 26.7 Å². The third kappa shape index (κ3) is 2.35. The Morgan fingerprint density at radius 3 is 2.44 bits per heavy atom. The second kappa shape index (κ2) is 3.21. The fourth-order valence-corrected chi connectivity index (χ4v) is 1.12. The van der Waals surface area contributed by atoms with Crippen molar-refractivity contribution in [2.75, 3.05) is 13.1 Å². The molecule has 0 spiro atoms. The highest BCUT2D eigenvalue weighted by Gasteiger charge is 2.15. The van der Waals surface area contributed by atoms with Gasteiger partial charge in [-0.25, -0.2) is 0 Å². The standard InChI is InChI=1S/C8H17N/c1-7(2)3-4-8-5-9-6-8/h7-9H,3-6H2,1-2H3. The zero-order valence-corrected chi connectivity index (χ0v) is 6.48. The first-order valence-corrected chi connectivity index (χ1v) is 3.99. The number of hydrogen-bond donors (Lipinski definition) is 1. The van der Waals surface area contributed by atoms with E-state index < -0.39 is 0 Å². The predicted octanol–water partition coefficient (Wildman–Crippen LogP) is 1.64. The van der Waals surface area contributed by atoms with Crippen molar-refractivity contribution in [3.63, 3.8) is 0 Å². The monoisotopic (exact) mass is 127 g/mol. The summed E-state index contributed by atoms with van der Waals surface area (Å²) in [5.74, 6) is 1.90. The molecule has 1 heterocycles. The van der Waals surface area contributed by atoms with Crippen molar-refractivity contribution < 1.29 is 0 Å². The normalized spacial score (nSPS) is 20.3. The van der Waals surface area contributed by atoms with Gasteiger partial charge in [-0.3, -0.25) is 0 Å². The molecule has 0 bridgehead atoms. The summed E-state index contributed by atoms with van der Waals surface area (Å²) >= 11 is 0. The summed E-state index contributed by atoms with van der Waals surface area (Å²) in [5, 5.41) is 3.28. The smallest absolute Gasteiger partial charge is 0.000825 e. The van der Waals surface area contributed by atoms with Crippen LogP contribution >= 0.6 is 0 Å².